The third-order valence-electron chi connectivity index (χ3n) is 6.41. The molecule has 1 aliphatic rings. The van der Waals surface area contributed by atoms with Crippen molar-refractivity contribution in [2.45, 2.75) is 57.2 Å². The van der Waals surface area contributed by atoms with E-state index in [9.17, 15) is 14.0 Å². The Labute approximate surface area is 193 Å². The van der Waals surface area contributed by atoms with E-state index in [4.69, 9.17) is 4.74 Å². The summed E-state index contributed by atoms with van der Waals surface area (Å²) < 4.78 is 21.8. The highest BCUT2D eigenvalue weighted by atomic mass is 19.1. The maximum absolute atomic E-state index is 14.5. The first-order valence-corrected chi connectivity index (χ1v) is 11.3. The van der Waals surface area contributed by atoms with E-state index in [2.05, 4.69) is 33.4 Å². The van der Waals surface area contributed by atoms with Crippen molar-refractivity contribution in [3.8, 4) is 5.75 Å². The van der Waals surface area contributed by atoms with Gasteiger partial charge in [0.2, 0.25) is 11.8 Å². The molecule has 7 heteroatoms. The number of benzene rings is 2. The van der Waals surface area contributed by atoms with E-state index in [1.165, 1.54) is 18.6 Å². The van der Waals surface area contributed by atoms with Crippen molar-refractivity contribution in [3.63, 3.8) is 0 Å². The Kier molecular flexibility index (Phi) is 6.67. The van der Waals surface area contributed by atoms with Crippen LogP contribution < -0.4 is 15.4 Å². The van der Waals surface area contributed by atoms with Crippen LogP contribution in [0.3, 0.4) is 0 Å². The fraction of sp³-hybridized carbons (Fsp3) is 0.385. The maximum atomic E-state index is 14.5. The molecule has 0 saturated carbocycles. The van der Waals surface area contributed by atoms with Gasteiger partial charge in [-0.2, -0.15) is 0 Å². The summed E-state index contributed by atoms with van der Waals surface area (Å²) in [7, 11) is 1.49. The quantitative estimate of drug-likeness (QED) is 0.517. The molecule has 2 amide bonds. The monoisotopic (exact) mass is 451 g/mol. The van der Waals surface area contributed by atoms with Crippen LogP contribution in [0.4, 0.5) is 4.39 Å². The molecule has 0 spiro atoms. The lowest BCUT2D eigenvalue weighted by Crippen LogP contribution is -2.45. The predicted octanol–water partition coefficient (Wildman–Crippen LogP) is 3.97. The van der Waals surface area contributed by atoms with E-state index in [1.807, 2.05) is 25.3 Å². The maximum Gasteiger partial charge on any atom is 0.220 e. The molecule has 174 valence electrons. The Bertz CT molecular complexity index is 1160. The zero-order valence-electron chi connectivity index (χ0n) is 19.1. The van der Waals surface area contributed by atoms with E-state index in [1.54, 1.807) is 12.1 Å². The number of carbonyl (C=O) groups excluding carboxylic acids is 2. The molecule has 3 aromatic rings. The standard InChI is InChI=1S/C26H30FN3O3/c1-18(17-30-14-11-19-5-3-4-6-23(19)30)28-24(31)9-12-26(13-10-25(32)29-26)16-20-7-8-21(33-2)15-22(20)27/h3-8,11,14-15,18H,9-10,12-13,16-17H2,1-2H3,(H,28,31)(H,29,32)/t18-,26-/m0/s1. The van der Waals surface area contributed by atoms with Gasteiger partial charge in [0.1, 0.15) is 11.6 Å². The summed E-state index contributed by atoms with van der Waals surface area (Å²) >= 11 is 0. The first-order chi connectivity index (χ1) is 15.9. The number of hydrogen-bond donors (Lipinski definition) is 2. The smallest absolute Gasteiger partial charge is 0.220 e. The third kappa shape index (κ3) is 5.35. The summed E-state index contributed by atoms with van der Waals surface area (Å²) in [4.78, 5) is 24.7. The highest BCUT2D eigenvalue weighted by molar-refractivity contribution is 5.81. The predicted molar refractivity (Wildman–Crippen MR) is 126 cm³/mol. The second-order valence-electron chi connectivity index (χ2n) is 8.96. The number of halogens is 1. The van der Waals surface area contributed by atoms with Gasteiger partial charge >= 0.3 is 0 Å². The van der Waals surface area contributed by atoms with Crippen molar-refractivity contribution in [3.05, 3.63) is 66.1 Å². The molecule has 1 aliphatic heterocycles. The number of amides is 2. The van der Waals surface area contributed by atoms with Gasteiger partial charge in [0.15, 0.2) is 0 Å². The Morgan fingerprint density at radius 3 is 2.82 bits per heavy atom. The zero-order chi connectivity index (χ0) is 23.4. The SMILES string of the molecule is COc1ccc(C[C@]2(CCC(=O)N[C@@H](C)Cn3ccc4ccccc43)CCC(=O)N2)c(F)c1. The highest BCUT2D eigenvalue weighted by Gasteiger charge is 2.38. The number of nitrogens with zero attached hydrogens (tertiary/aromatic N) is 1. The number of nitrogens with one attached hydrogen (secondary N) is 2. The number of para-hydroxylation sites is 1. The number of rotatable bonds is 9. The molecule has 2 N–H and O–H groups in total. The average molecular weight is 452 g/mol. The Morgan fingerprint density at radius 1 is 1.27 bits per heavy atom. The Hall–Kier alpha value is -3.35. The van der Waals surface area contributed by atoms with Gasteiger partial charge in [-0.1, -0.05) is 24.3 Å². The molecule has 0 unspecified atom stereocenters. The van der Waals surface area contributed by atoms with Gasteiger partial charge in [-0.25, -0.2) is 4.39 Å². The van der Waals surface area contributed by atoms with Crippen LogP contribution in [0.1, 0.15) is 38.2 Å². The number of ether oxygens (including phenoxy) is 1. The first-order valence-electron chi connectivity index (χ1n) is 11.3. The number of hydrogen-bond acceptors (Lipinski definition) is 3. The molecule has 0 aliphatic carbocycles. The topological polar surface area (TPSA) is 72.4 Å². The van der Waals surface area contributed by atoms with Gasteiger partial charge in [0, 0.05) is 48.7 Å². The number of aromatic nitrogens is 1. The summed E-state index contributed by atoms with van der Waals surface area (Å²) in [5.41, 5.74) is 1.02. The molecule has 1 aromatic heterocycles. The van der Waals surface area contributed by atoms with E-state index in [0.29, 0.717) is 43.5 Å². The number of methoxy groups -OCH3 is 1. The second kappa shape index (κ2) is 9.65. The minimum atomic E-state index is -0.621. The number of carbonyl (C=O) groups is 2. The van der Waals surface area contributed by atoms with Crippen LogP contribution >= 0.6 is 0 Å². The molecule has 0 bridgehead atoms. The highest BCUT2D eigenvalue weighted by Crippen LogP contribution is 2.31. The molecule has 6 nitrogen and oxygen atoms in total. The molecular formula is C26H30FN3O3. The third-order valence-corrected chi connectivity index (χ3v) is 6.41. The van der Waals surface area contributed by atoms with E-state index >= 15 is 0 Å². The van der Waals surface area contributed by atoms with Crippen molar-refractivity contribution in [1.29, 1.82) is 0 Å². The molecular weight excluding hydrogens is 421 g/mol. The fourth-order valence-electron chi connectivity index (χ4n) is 4.69. The summed E-state index contributed by atoms with van der Waals surface area (Å²) in [5, 5.41) is 7.25. The van der Waals surface area contributed by atoms with E-state index < -0.39 is 5.54 Å². The zero-order valence-corrected chi connectivity index (χ0v) is 19.1. The summed E-state index contributed by atoms with van der Waals surface area (Å²) in [6.45, 7) is 2.64. The molecule has 1 fully saturated rings. The summed E-state index contributed by atoms with van der Waals surface area (Å²) in [6.07, 6.45) is 4.04. The molecule has 2 heterocycles. The summed E-state index contributed by atoms with van der Waals surface area (Å²) in [6, 6.07) is 14.9. The van der Waals surface area contributed by atoms with Crippen LogP contribution in [-0.4, -0.2) is 35.1 Å². The lowest BCUT2D eigenvalue weighted by molar-refractivity contribution is -0.123. The van der Waals surface area contributed by atoms with Crippen molar-refractivity contribution in [1.82, 2.24) is 15.2 Å². The number of fused-ring (bicyclic) bond motifs is 1. The molecule has 2 atom stereocenters. The van der Waals surface area contributed by atoms with Crippen LogP contribution in [0.2, 0.25) is 0 Å². The summed E-state index contributed by atoms with van der Waals surface area (Å²) in [5.74, 6) is -0.0524. The fourth-order valence-corrected chi connectivity index (χ4v) is 4.69. The second-order valence-corrected chi connectivity index (χ2v) is 8.96. The Morgan fingerprint density at radius 2 is 2.09 bits per heavy atom. The first kappa shape index (κ1) is 22.8. The van der Waals surface area contributed by atoms with Gasteiger partial charge in [-0.3, -0.25) is 9.59 Å². The molecule has 0 radical (unpaired) electrons. The van der Waals surface area contributed by atoms with Crippen molar-refractivity contribution in [2.75, 3.05) is 7.11 Å². The molecule has 4 rings (SSSR count). The van der Waals surface area contributed by atoms with Crippen molar-refractivity contribution in [2.24, 2.45) is 0 Å². The van der Waals surface area contributed by atoms with Crippen LogP contribution in [0.25, 0.3) is 10.9 Å². The minimum Gasteiger partial charge on any atom is -0.497 e. The van der Waals surface area contributed by atoms with Gasteiger partial charge < -0.3 is 19.9 Å². The van der Waals surface area contributed by atoms with Crippen LogP contribution in [-0.2, 0) is 22.6 Å². The molecule has 2 aromatic carbocycles. The molecule has 1 saturated heterocycles. The normalized spacial score (nSPS) is 18.8. The lowest BCUT2D eigenvalue weighted by atomic mass is 9.84. The average Bonchev–Trinajstić information content (AvgIpc) is 3.37. The van der Waals surface area contributed by atoms with Crippen LogP contribution in [0.15, 0.2) is 54.7 Å². The van der Waals surface area contributed by atoms with Crippen LogP contribution in [0, 0.1) is 5.82 Å². The minimum absolute atomic E-state index is 0.0542. The molecule has 33 heavy (non-hydrogen) atoms. The Balaban J connectivity index is 1.36. The van der Waals surface area contributed by atoms with E-state index in [0.717, 1.165) is 5.52 Å². The van der Waals surface area contributed by atoms with Crippen LogP contribution in [0.5, 0.6) is 5.75 Å². The largest absolute Gasteiger partial charge is 0.497 e. The lowest BCUT2D eigenvalue weighted by Gasteiger charge is -2.30. The van der Waals surface area contributed by atoms with Gasteiger partial charge in [-0.05, 0) is 55.3 Å². The van der Waals surface area contributed by atoms with Crippen molar-refractivity contribution >= 4 is 22.7 Å². The van der Waals surface area contributed by atoms with Gasteiger partial charge in [-0.15, -0.1) is 0 Å². The van der Waals surface area contributed by atoms with E-state index in [-0.39, 0.29) is 30.1 Å². The van der Waals surface area contributed by atoms with Gasteiger partial charge in [0.25, 0.3) is 0 Å². The van der Waals surface area contributed by atoms with Gasteiger partial charge in [0.05, 0.1) is 7.11 Å². The van der Waals surface area contributed by atoms with Crippen molar-refractivity contribution < 1.29 is 18.7 Å².